The summed E-state index contributed by atoms with van der Waals surface area (Å²) in [6, 6.07) is 3.98. The average Bonchev–Trinajstić information content (AvgIpc) is 2.65. The van der Waals surface area contributed by atoms with E-state index < -0.39 is 16.1 Å². The van der Waals surface area contributed by atoms with E-state index in [1.54, 1.807) is 11.3 Å². The standard InChI is InChI=1S/C11H16N2O3S2/c14-11(6-1-4-10-5-2-9-17-10)12-18(15,16)13-7-3-8-13/h2,5,9H,1,3-4,6-8H2,(H,12,14). The van der Waals surface area contributed by atoms with Crippen molar-refractivity contribution in [2.24, 2.45) is 0 Å². The number of amides is 1. The van der Waals surface area contributed by atoms with Crippen molar-refractivity contribution in [1.29, 1.82) is 0 Å². The minimum Gasteiger partial charge on any atom is -0.274 e. The topological polar surface area (TPSA) is 66.5 Å². The van der Waals surface area contributed by atoms with Crippen LogP contribution >= 0.6 is 11.3 Å². The van der Waals surface area contributed by atoms with Crippen LogP contribution in [-0.2, 0) is 21.4 Å². The Bertz CT molecular complexity index is 492. The van der Waals surface area contributed by atoms with Crippen LogP contribution in [0.4, 0.5) is 0 Å². The third-order valence-corrected chi connectivity index (χ3v) is 5.27. The zero-order valence-corrected chi connectivity index (χ0v) is 11.6. The molecule has 0 aromatic carbocycles. The number of nitrogens with zero attached hydrogens (tertiary/aromatic N) is 1. The van der Waals surface area contributed by atoms with Crippen molar-refractivity contribution in [3.05, 3.63) is 22.4 Å². The number of nitrogens with one attached hydrogen (secondary N) is 1. The molecule has 1 fully saturated rings. The van der Waals surface area contributed by atoms with Gasteiger partial charge in [0.05, 0.1) is 0 Å². The Labute approximate surface area is 111 Å². The van der Waals surface area contributed by atoms with Gasteiger partial charge in [-0.1, -0.05) is 6.07 Å². The molecule has 1 aromatic rings. The zero-order chi connectivity index (χ0) is 13.0. The highest BCUT2D eigenvalue weighted by Crippen LogP contribution is 2.13. The van der Waals surface area contributed by atoms with E-state index in [4.69, 9.17) is 0 Å². The normalized spacial score (nSPS) is 16.2. The molecule has 0 bridgehead atoms. The number of thiophene rings is 1. The van der Waals surface area contributed by atoms with E-state index in [2.05, 4.69) is 4.72 Å². The van der Waals surface area contributed by atoms with E-state index in [9.17, 15) is 13.2 Å². The van der Waals surface area contributed by atoms with Crippen LogP contribution in [0.2, 0.25) is 0 Å². The van der Waals surface area contributed by atoms with Crippen molar-refractivity contribution in [1.82, 2.24) is 9.03 Å². The van der Waals surface area contributed by atoms with Gasteiger partial charge in [-0.3, -0.25) is 4.79 Å². The number of hydrogen-bond acceptors (Lipinski definition) is 4. The Morgan fingerprint density at radius 3 is 2.78 bits per heavy atom. The highest BCUT2D eigenvalue weighted by Gasteiger charge is 2.28. The maximum absolute atomic E-state index is 11.6. The van der Waals surface area contributed by atoms with E-state index in [1.165, 1.54) is 9.18 Å². The van der Waals surface area contributed by atoms with Crippen molar-refractivity contribution in [2.45, 2.75) is 25.7 Å². The molecule has 0 atom stereocenters. The van der Waals surface area contributed by atoms with Gasteiger partial charge < -0.3 is 0 Å². The third kappa shape index (κ3) is 3.54. The van der Waals surface area contributed by atoms with Crippen LogP contribution < -0.4 is 4.72 Å². The predicted molar refractivity (Wildman–Crippen MR) is 70.5 cm³/mol. The van der Waals surface area contributed by atoms with Crippen molar-refractivity contribution < 1.29 is 13.2 Å². The molecule has 1 aliphatic heterocycles. The Morgan fingerprint density at radius 2 is 2.22 bits per heavy atom. The van der Waals surface area contributed by atoms with Gasteiger partial charge in [-0.05, 0) is 30.7 Å². The third-order valence-electron chi connectivity index (χ3n) is 2.80. The molecule has 2 rings (SSSR count). The summed E-state index contributed by atoms with van der Waals surface area (Å²) in [6.07, 6.45) is 2.59. The molecule has 1 amide bonds. The molecule has 1 aliphatic rings. The minimum absolute atomic E-state index is 0.241. The van der Waals surface area contributed by atoms with Crippen molar-refractivity contribution >= 4 is 27.5 Å². The van der Waals surface area contributed by atoms with Crippen LogP contribution in [0, 0.1) is 0 Å². The van der Waals surface area contributed by atoms with Crippen molar-refractivity contribution in [3.63, 3.8) is 0 Å². The fourth-order valence-electron chi connectivity index (χ4n) is 1.67. The minimum atomic E-state index is -3.57. The summed E-state index contributed by atoms with van der Waals surface area (Å²) >= 11 is 1.65. The molecular formula is C11H16N2O3S2. The molecular weight excluding hydrogens is 272 g/mol. The summed E-state index contributed by atoms with van der Waals surface area (Å²) in [5.74, 6) is -0.418. The van der Waals surface area contributed by atoms with Gasteiger partial charge >= 0.3 is 10.2 Å². The predicted octanol–water partition coefficient (Wildman–Crippen LogP) is 1.14. The second-order valence-corrected chi connectivity index (χ2v) is 6.92. The number of hydrogen-bond donors (Lipinski definition) is 1. The molecule has 0 unspecified atom stereocenters. The molecule has 5 nitrogen and oxygen atoms in total. The lowest BCUT2D eigenvalue weighted by Gasteiger charge is -2.29. The van der Waals surface area contributed by atoms with Gasteiger partial charge in [0, 0.05) is 24.4 Å². The van der Waals surface area contributed by atoms with Gasteiger partial charge in [-0.25, -0.2) is 4.72 Å². The van der Waals surface area contributed by atoms with E-state index in [0.29, 0.717) is 19.5 Å². The van der Waals surface area contributed by atoms with Crippen molar-refractivity contribution in [3.8, 4) is 0 Å². The molecule has 0 radical (unpaired) electrons. The molecule has 100 valence electrons. The monoisotopic (exact) mass is 288 g/mol. The van der Waals surface area contributed by atoms with E-state index in [-0.39, 0.29) is 6.42 Å². The highest BCUT2D eigenvalue weighted by atomic mass is 32.2. The summed E-state index contributed by atoms with van der Waals surface area (Å²) in [5, 5.41) is 1.99. The van der Waals surface area contributed by atoms with Crippen LogP contribution in [0.15, 0.2) is 17.5 Å². The summed E-state index contributed by atoms with van der Waals surface area (Å²) in [6.45, 7) is 1.02. The SMILES string of the molecule is O=C(CCCc1cccs1)NS(=O)(=O)N1CCC1. The average molecular weight is 288 g/mol. The van der Waals surface area contributed by atoms with Crippen molar-refractivity contribution in [2.75, 3.05) is 13.1 Å². The maximum Gasteiger partial charge on any atom is 0.303 e. The van der Waals surface area contributed by atoms with E-state index >= 15 is 0 Å². The lowest BCUT2D eigenvalue weighted by molar-refractivity contribution is -0.119. The smallest absolute Gasteiger partial charge is 0.274 e. The first kappa shape index (κ1) is 13.5. The Hall–Kier alpha value is -0.920. The molecule has 1 saturated heterocycles. The molecule has 2 heterocycles. The first-order valence-electron chi connectivity index (χ1n) is 5.91. The molecule has 0 saturated carbocycles. The number of carbonyl (C=O) groups is 1. The van der Waals surface area contributed by atoms with Gasteiger partial charge in [0.15, 0.2) is 0 Å². The Morgan fingerprint density at radius 1 is 1.44 bits per heavy atom. The number of aryl methyl sites for hydroxylation is 1. The Kier molecular flexibility index (Phi) is 4.36. The summed E-state index contributed by atoms with van der Waals surface area (Å²) in [5.41, 5.74) is 0. The van der Waals surface area contributed by atoms with Crippen LogP contribution in [0.25, 0.3) is 0 Å². The lowest BCUT2D eigenvalue weighted by Crippen LogP contribution is -2.49. The van der Waals surface area contributed by atoms with Gasteiger partial charge in [0.1, 0.15) is 0 Å². The summed E-state index contributed by atoms with van der Waals surface area (Å²) in [4.78, 5) is 12.7. The van der Waals surface area contributed by atoms with E-state index in [0.717, 1.165) is 12.8 Å². The highest BCUT2D eigenvalue weighted by molar-refractivity contribution is 7.87. The van der Waals surface area contributed by atoms with Gasteiger partial charge in [0.2, 0.25) is 5.91 Å². The zero-order valence-electron chi connectivity index (χ0n) is 9.96. The van der Waals surface area contributed by atoms with E-state index in [1.807, 2.05) is 17.5 Å². The summed E-state index contributed by atoms with van der Waals surface area (Å²) in [7, 11) is -3.57. The van der Waals surface area contributed by atoms with Crippen LogP contribution in [-0.4, -0.2) is 31.7 Å². The number of carbonyl (C=O) groups excluding carboxylic acids is 1. The first-order valence-corrected chi connectivity index (χ1v) is 8.23. The quantitative estimate of drug-likeness (QED) is 0.853. The van der Waals surface area contributed by atoms with Gasteiger partial charge in [0.25, 0.3) is 0 Å². The summed E-state index contributed by atoms with van der Waals surface area (Å²) < 4.78 is 26.6. The van der Waals surface area contributed by atoms with Crippen LogP contribution in [0.5, 0.6) is 0 Å². The molecule has 0 spiro atoms. The van der Waals surface area contributed by atoms with Crippen LogP contribution in [0.1, 0.15) is 24.1 Å². The molecule has 18 heavy (non-hydrogen) atoms. The van der Waals surface area contributed by atoms with Gasteiger partial charge in [-0.15, -0.1) is 11.3 Å². The largest absolute Gasteiger partial charge is 0.303 e. The van der Waals surface area contributed by atoms with Crippen LogP contribution in [0.3, 0.4) is 0 Å². The second-order valence-electron chi connectivity index (χ2n) is 4.22. The molecule has 1 aromatic heterocycles. The Balaban J connectivity index is 1.71. The molecule has 7 heteroatoms. The molecule has 1 N–H and O–H groups in total. The first-order chi connectivity index (χ1) is 8.58. The maximum atomic E-state index is 11.6. The molecule has 0 aliphatic carbocycles. The lowest BCUT2D eigenvalue weighted by atomic mass is 10.2. The number of rotatable bonds is 6. The second kappa shape index (κ2) is 5.81. The fourth-order valence-corrected chi connectivity index (χ4v) is 3.67. The fraction of sp³-hybridized carbons (Fsp3) is 0.545. The van der Waals surface area contributed by atoms with Gasteiger partial charge in [-0.2, -0.15) is 12.7 Å².